The van der Waals surface area contributed by atoms with E-state index in [1.807, 2.05) is 0 Å². The maximum atomic E-state index is 13.7. The van der Waals surface area contributed by atoms with Gasteiger partial charge in [0, 0.05) is 18.6 Å². The Kier molecular flexibility index (Phi) is 11.4. The number of piperidine rings is 1. The molecule has 1 heterocycles. The van der Waals surface area contributed by atoms with Crippen LogP contribution in [0.2, 0.25) is 0 Å². The average molecular weight is 599 g/mol. The lowest BCUT2D eigenvalue weighted by molar-refractivity contribution is 0.0239. The van der Waals surface area contributed by atoms with E-state index in [-0.39, 0.29) is 12.1 Å². The van der Waals surface area contributed by atoms with Crippen LogP contribution in [0.15, 0.2) is 60.7 Å². The van der Waals surface area contributed by atoms with Gasteiger partial charge in [0.2, 0.25) is 0 Å². The van der Waals surface area contributed by atoms with E-state index in [1.165, 1.54) is 114 Å². The highest BCUT2D eigenvalue weighted by Gasteiger charge is 2.46. The molecule has 2 aromatic rings. The molecule has 4 aliphatic rings. The van der Waals surface area contributed by atoms with Crippen molar-refractivity contribution >= 4 is 6.09 Å². The van der Waals surface area contributed by atoms with Gasteiger partial charge in [0.25, 0.3) is 0 Å². The molecule has 3 aliphatic carbocycles. The van der Waals surface area contributed by atoms with Crippen molar-refractivity contribution in [3.63, 3.8) is 0 Å². The fraction of sp³-hybridized carbons (Fsp3) is 0.675. The normalized spacial score (nSPS) is 29.0. The van der Waals surface area contributed by atoms with Gasteiger partial charge in [0.1, 0.15) is 0 Å². The van der Waals surface area contributed by atoms with Gasteiger partial charge in [-0.2, -0.15) is 0 Å². The van der Waals surface area contributed by atoms with Crippen LogP contribution in [0, 0.1) is 23.7 Å². The third kappa shape index (κ3) is 7.90. The molecule has 4 heteroatoms. The molecule has 1 aliphatic heterocycles. The second-order valence-electron chi connectivity index (χ2n) is 14.8. The Morgan fingerprint density at radius 1 is 0.818 bits per heavy atom. The van der Waals surface area contributed by atoms with E-state index < -0.39 is 0 Å². The molecule has 5 atom stereocenters. The van der Waals surface area contributed by atoms with Gasteiger partial charge < -0.3 is 14.5 Å². The average Bonchev–Trinajstić information content (AvgIpc) is 3.50. The Morgan fingerprint density at radius 2 is 1.50 bits per heavy atom. The van der Waals surface area contributed by atoms with E-state index in [2.05, 4.69) is 70.5 Å². The summed E-state index contributed by atoms with van der Waals surface area (Å²) in [5, 5.41) is 0. The highest BCUT2D eigenvalue weighted by atomic mass is 16.5. The van der Waals surface area contributed by atoms with E-state index >= 15 is 0 Å². The number of hydrogen-bond acceptors (Lipinski definition) is 3. The maximum absolute atomic E-state index is 13.7. The van der Waals surface area contributed by atoms with Gasteiger partial charge in [-0.25, -0.2) is 4.79 Å². The summed E-state index contributed by atoms with van der Waals surface area (Å²) in [6.45, 7) is 3.62. The molecule has 3 saturated carbocycles. The standard InChI is InChI=1S/C40H58N2O2/c1-44-40(43)42(39-23-12-11-22-37(39)33-18-7-3-8-19-33)36-28-35(38(29-36)34-20-9-4-10-21-34)30-41-26-24-32(25-27-41)17-13-16-31-14-5-2-6-15-31/h2,4-6,9-10,14-15,20-21,32-33,35-39H,3,7-8,11-13,16-19,22-30H2,1H3/t35-,36?,37?,38-,39?/m1/s1. The summed E-state index contributed by atoms with van der Waals surface area (Å²) in [6.07, 6.45) is 20.6. The molecule has 4 nitrogen and oxygen atoms in total. The van der Waals surface area contributed by atoms with Crippen molar-refractivity contribution in [1.29, 1.82) is 0 Å². The minimum absolute atomic E-state index is 0.0634. The van der Waals surface area contributed by atoms with Crippen LogP contribution in [-0.2, 0) is 11.2 Å². The van der Waals surface area contributed by atoms with Crippen LogP contribution in [0.1, 0.15) is 113 Å². The first-order valence-corrected chi connectivity index (χ1v) is 18.4. The smallest absolute Gasteiger partial charge is 0.409 e. The first kappa shape index (κ1) is 31.6. The maximum Gasteiger partial charge on any atom is 0.409 e. The lowest BCUT2D eigenvalue weighted by Crippen LogP contribution is -2.52. The van der Waals surface area contributed by atoms with Crippen molar-refractivity contribution in [2.75, 3.05) is 26.7 Å². The third-order valence-corrected chi connectivity index (χ3v) is 12.2. The Morgan fingerprint density at radius 3 is 2.23 bits per heavy atom. The number of rotatable bonds is 10. The van der Waals surface area contributed by atoms with Crippen molar-refractivity contribution in [2.45, 2.75) is 121 Å². The predicted molar refractivity (Wildman–Crippen MR) is 181 cm³/mol. The summed E-state index contributed by atoms with van der Waals surface area (Å²) in [6, 6.07) is 22.9. The van der Waals surface area contributed by atoms with Crippen LogP contribution in [-0.4, -0.2) is 54.7 Å². The minimum atomic E-state index is -0.0634. The Balaban J connectivity index is 1.11. The van der Waals surface area contributed by atoms with E-state index in [0.29, 0.717) is 23.8 Å². The number of benzene rings is 2. The lowest BCUT2D eigenvalue weighted by atomic mass is 9.70. The number of likely N-dealkylation sites (tertiary alicyclic amines) is 1. The van der Waals surface area contributed by atoms with Crippen LogP contribution in [0.4, 0.5) is 4.79 Å². The van der Waals surface area contributed by atoms with Gasteiger partial charge in [-0.1, -0.05) is 112 Å². The molecule has 44 heavy (non-hydrogen) atoms. The molecular weight excluding hydrogens is 540 g/mol. The number of aryl methyl sites for hydroxylation is 1. The van der Waals surface area contributed by atoms with Crippen molar-refractivity contribution in [3.8, 4) is 0 Å². The van der Waals surface area contributed by atoms with Gasteiger partial charge in [-0.3, -0.25) is 0 Å². The molecule has 0 radical (unpaired) electrons. The fourth-order valence-electron chi connectivity index (χ4n) is 9.92. The zero-order valence-electron chi connectivity index (χ0n) is 27.5. The zero-order chi connectivity index (χ0) is 30.1. The summed E-state index contributed by atoms with van der Waals surface area (Å²) < 4.78 is 5.59. The van der Waals surface area contributed by atoms with E-state index in [4.69, 9.17) is 4.74 Å². The van der Waals surface area contributed by atoms with Gasteiger partial charge >= 0.3 is 6.09 Å². The van der Waals surface area contributed by atoms with Crippen molar-refractivity contribution < 1.29 is 9.53 Å². The van der Waals surface area contributed by atoms with Crippen molar-refractivity contribution in [1.82, 2.24) is 9.80 Å². The summed E-state index contributed by atoms with van der Waals surface area (Å²) in [5.74, 6) is 3.40. The molecule has 0 spiro atoms. The van der Waals surface area contributed by atoms with E-state index in [9.17, 15) is 4.79 Å². The van der Waals surface area contributed by atoms with Crippen LogP contribution in [0.25, 0.3) is 0 Å². The molecular formula is C40H58N2O2. The molecule has 2 aromatic carbocycles. The lowest BCUT2D eigenvalue weighted by Gasteiger charge is -2.46. The highest BCUT2D eigenvalue weighted by Crippen LogP contribution is 2.47. The molecule has 3 unspecified atom stereocenters. The van der Waals surface area contributed by atoms with Gasteiger partial charge in [0.05, 0.1) is 7.11 Å². The first-order valence-electron chi connectivity index (χ1n) is 18.4. The third-order valence-electron chi connectivity index (χ3n) is 12.2. The number of carbonyl (C=O) groups is 1. The second-order valence-corrected chi connectivity index (χ2v) is 14.8. The molecule has 240 valence electrons. The molecule has 0 bridgehead atoms. The number of ether oxygens (including phenoxy) is 1. The van der Waals surface area contributed by atoms with Crippen LogP contribution >= 0.6 is 0 Å². The Hall–Kier alpha value is -2.33. The quantitative estimate of drug-likeness (QED) is 0.273. The number of nitrogens with zero attached hydrogens (tertiary/aromatic N) is 2. The number of methoxy groups -OCH3 is 1. The molecule has 4 fully saturated rings. The molecule has 0 aromatic heterocycles. The van der Waals surface area contributed by atoms with Gasteiger partial charge in [-0.15, -0.1) is 0 Å². The minimum Gasteiger partial charge on any atom is -0.453 e. The number of carbonyl (C=O) groups excluding carboxylic acids is 1. The highest BCUT2D eigenvalue weighted by molar-refractivity contribution is 5.68. The summed E-state index contributed by atoms with van der Waals surface area (Å²) in [5.41, 5.74) is 2.94. The Bertz CT molecular complexity index is 1120. The largest absolute Gasteiger partial charge is 0.453 e. The van der Waals surface area contributed by atoms with Gasteiger partial charge in [0.15, 0.2) is 0 Å². The topological polar surface area (TPSA) is 32.8 Å². The van der Waals surface area contributed by atoms with Gasteiger partial charge in [-0.05, 0) is 105 Å². The zero-order valence-corrected chi connectivity index (χ0v) is 27.5. The molecule has 0 N–H and O–H groups in total. The SMILES string of the molecule is COC(=O)N(C1C[C@H](CN2CCC(CCCc3ccccc3)CC2)[C@@H](c2ccccc2)C1)C1CCCCC1C1CCCCC1. The molecule has 1 amide bonds. The summed E-state index contributed by atoms with van der Waals surface area (Å²) in [4.78, 5) is 18.8. The number of amides is 1. The van der Waals surface area contributed by atoms with Crippen molar-refractivity contribution in [3.05, 3.63) is 71.8 Å². The van der Waals surface area contributed by atoms with E-state index in [1.54, 1.807) is 7.11 Å². The molecule has 6 rings (SSSR count). The fourth-order valence-corrected chi connectivity index (χ4v) is 9.92. The first-order chi connectivity index (χ1) is 21.7. The summed E-state index contributed by atoms with van der Waals surface area (Å²) in [7, 11) is 1.61. The second kappa shape index (κ2) is 15.8. The summed E-state index contributed by atoms with van der Waals surface area (Å²) >= 11 is 0. The van der Waals surface area contributed by atoms with E-state index in [0.717, 1.165) is 31.1 Å². The van der Waals surface area contributed by atoms with Crippen LogP contribution in [0.5, 0.6) is 0 Å². The Labute approximate surface area is 267 Å². The van der Waals surface area contributed by atoms with Crippen LogP contribution in [0.3, 0.4) is 0 Å². The van der Waals surface area contributed by atoms with Crippen LogP contribution < -0.4 is 0 Å². The van der Waals surface area contributed by atoms with Crippen molar-refractivity contribution in [2.24, 2.45) is 23.7 Å². The predicted octanol–water partition coefficient (Wildman–Crippen LogP) is 9.49. The monoisotopic (exact) mass is 598 g/mol. The molecule has 1 saturated heterocycles. The number of hydrogen-bond donors (Lipinski definition) is 0.